The number of hydrogen-bond donors (Lipinski definition) is 1. The zero-order valence-corrected chi connectivity index (χ0v) is 17.2. The highest BCUT2D eigenvalue weighted by Gasteiger charge is 2.52. The second kappa shape index (κ2) is 9.11. The number of alkyl halides is 6. The molecule has 7 nitrogen and oxygen atoms in total. The van der Waals surface area contributed by atoms with Crippen molar-refractivity contribution in [3.05, 3.63) is 53.1 Å². The van der Waals surface area contributed by atoms with Gasteiger partial charge in [0.15, 0.2) is 6.10 Å². The molecule has 0 spiro atoms. The first kappa shape index (κ1) is 24.7. The Kier molecular flexibility index (Phi) is 6.61. The van der Waals surface area contributed by atoms with E-state index in [9.17, 15) is 31.1 Å². The lowest BCUT2D eigenvalue weighted by Gasteiger charge is -2.27. The van der Waals surface area contributed by atoms with Crippen molar-refractivity contribution in [3.63, 3.8) is 0 Å². The van der Waals surface area contributed by atoms with Gasteiger partial charge < -0.3 is 19.7 Å². The molecule has 0 aliphatic carbocycles. The van der Waals surface area contributed by atoms with Crippen LogP contribution in [0.3, 0.4) is 0 Å². The van der Waals surface area contributed by atoms with Gasteiger partial charge in [0.1, 0.15) is 11.8 Å². The van der Waals surface area contributed by atoms with E-state index in [4.69, 9.17) is 20.0 Å². The minimum absolute atomic E-state index is 0.101. The molecular weight excluding hydrogens is 470 g/mol. The lowest BCUT2D eigenvalue weighted by molar-refractivity contribution is -0.212. The van der Waals surface area contributed by atoms with Crippen molar-refractivity contribution in [3.8, 4) is 17.9 Å². The fourth-order valence-corrected chi connectivity index (χ4v) is 3.31. The van der Waals surface area contributed by atoms with Crippen molar-refractivity contribution in [2.24, 2.45) is 0 Å². The number of amides is 1. The third kappa shape index (κ3) is 5.00. The predicted octanol–water partition coefficient (Wildman–Crippen LogP) is 4.19. The highest BCUT2D eigenvalue weighted by molar-refractivity contribution is 5.95. The van der Waals surface area contributed by atoms with Crippen LogP contribution in [0, 0.1) is 22.7 Å². The van der Waals surface area contributed by atoms with E-state index in [1.54, 1.807) is 0 Å². The molecule has 1 N–H and O–H groups in total. The van der Waals surface area contributed by atoms with Gasteiger partial charge in [-0.3, -0.25) is 4.79 Å². The third-order valence-corrected chi connectivity index (χ3v) is 4.86. The molecule has 0 unspecified atom stereocenters. The van der Waals surface area contributed by atoms with E-state index in [0.29, 0.717) is 11.0 Å². The van der Waals surface area contributed by atoms with Crippen LogP contribution < -0.4 is 15.0 Å². The van der Waals surface area contributed by atoms with Crippen LogP contribution in [0.2, 0.25) is 0 Å². The monoisotopic (exact) mass is 484 g/mol. The third-order valence-electron chi connectivity index (χ3n) is 4.86. The Morgan fingerprint density at radius 2 is 1.74 bits per heavy atom. The van der Waals surface area contributed by atoms with Gasteiger partial charge in [0, 0.05) is 17.4 Å². The number of hydrogen-bond acceptors (Lipinski definition) is 6. The molecule has 1 amide bonds. The molecule has 2 aromatic rings. The first-order valence-corrected chi connectivity index (χ1v) is 9.38. The highest BCUT2D eigenvalue weighted by atomic mass is 19.4. The van der Waals surface area contributed by atoms with Crippen molar-refractivity contribution in [2.75, 3.05) is 23.9 Å². The molecule has 13 heteroatoms. The Bertz CT molecular complexity index is 1180. The Balaban J connectivity index is 1.90. The van der Waals surface area contributed by atoms with Gasteiger partial charge in [-0.15, -0.1) is 0 Å². The summed E-state index contributed by atoms with van der Waals surface area (Å²) in [5.41, 5.74) is -2.44. The van der Waals surface area contributed by atoms with E-state index in [0.717, 1.165) is 12.1 Å². The number of methoxy groups -OCH3 is 1. The number of carbonyl (C=O) groups excluding carboxylic acids is 1. The number of nitrogens with zero attached hydrogens (tertiary/aromatic N) is 3. The number of halogens is 6. The van der Waals surface area contributed by atoms with E-state index < -0.39 is 54.0 Å². The maximum atomic E-state index is 13.6. The first-order chi connectivity index (χ1) is 15.9. The molecule has 0 saturated carbocycles. The maximum Gasteiger partial charge on any atom is 0.433 e. The van der Waals surface area contributed by atoms with Crippen LogP contribution in [0.15, 0.2) is 36.4 Å². The summed E-state index contributed by atoms with van der Waals surface area (Å²) >= 11 is 0. The normalized spacial score (nSPS) is 18.2. The Morgan fingerprint density at radius 1 is 1.09 bits per heavy atom. The molecule has 0 bridgehead atoms. The Morgan fingerprint density at radius 3 is 2.29 bits per heavy atom. The van der Waals surface area contributed by atoms with Crippen molar-refractivity contribution in [1.29, 1.82) is 10.5 Å². The summed E-state index contributed by atoms with van der Waals surface area (Å²) < 4.78 is 90.5. The molecule has 1 heterocycles. The summed E-state index contributed by atoms with van der Waals surface area (Å²) in [6.45, 7) is -0.716. The van der Waals surface area contributed by atoms with Crippen LogP contribution in [0.25, 0.3) is 0 Å². The van der Waals surface area contributed by atoms with Crippen molar-refractivity contribution < 1.29 is 40.6 Å². The number of nitrogens with one attached hydrogen (secondary N) is 1. The molecule has 34 heavy (non-hydrogen) atoms. The standard InChI is InChI=1S/C21H14F6N4O3/c1-33-16-6-13(4-2-12(16)9-29)30-18(32)17-10-31(19(34-17)21(25,26)27)14-5-3-11(8-28)15(7-14)20(22,23)24/h2-7,17,19H,10H2,1H3,(H,30,32)/t17-,19+/m0/s1. The molecule has 178 valence electrons. The summed E-state index contributed by atoms with van der Waals surface area (Å²) in [5, 5.41) is 20.2. The molecule has 2 atom stereocenters. The number of nitriles is 2. The van der Waals surface area contributed by atoms with E-state index in [1.165, 1.54) is 31.4 Å². The summed E-state index contributed by atoms with van der Waals surface area (Å²) in [7, 11) is 1.28. The summed E-state index contributed by atoms with van der Waals surface area (Å²) in [6, 6.07) is 9.21. The first-order valence-electron chi connectivity index (χ1n) is 9.38. The molecule has 1 saturated heterocycles. The summed E-state index contributed by atoms with van der Waals surface area (Å²) in [6.07, 6.45) is -14.4. The summed E-state index contributed by atoms with van der Waals surface area (Å²) in [4.78, 5) is 13.1. The van der Waals surface area contributed by atoms with Gasteiger partial charge in [0.25, 0.3) is 5.91 Å². The zero-order valence-electron chi connectivity index (χ0n) is 17.2. The van der Waals surface area contributed by atoms with E-state index in [2.05, 4.69) is 5.32 Å². The molecule has 1 fully saturated rings. The van der Waals surface area contributed by atoms with Gasteiger partial charge in [-0.05, 0) is 30.3 Å². The largest absolute Gasteiger partial charge is 0.495 e. The van der Waals surface area contributed by atoms with Crippen LogP contribution in [-0.4, -0.2) is 38.1 Å². The summed E-state index contributed by atoms with van der Waals surface area (Å²) in [5.74, 6) is -0.882. The van der Waals surface area contributed by atoms with Crippen molar-refractivity contribution in [2.45, 2.75) is 24.7 Å². The highest BCUT2D eigenvalue weighted by Crippen LogP contribution is 2.39. The fourth-order valence-electron chi connectivity index (χ4n) is 3.31. The quantitative estimate of drug-likeness (QED) is 0.654. The van der Waals surface area contributed by atoms with Gasteiger partial charge >= 0.3 is 12.4 Å². The van der Waals surface area contributed by atoms with E-state index >= 15 is 0 Å². The van der Waals surface area contributed by atoms with E-state index in [1.807, 2.05) is 6.07 Å². The van der Waals surface area contributed by atoms with Gasteiger partial charge in [-0.25, -0.2) is 0 Å². The number of carbonyl (C=O) groups is 1. The van der Waals surface area contributed by atoms with Crippen LogP contribution in [0.5, 0.6) is 5.75 Å². The van der Waals surface area contributed by atoms with Crippen molar-refractivity contribution in [1.82, 2.24) is 0 Å². The van der Waals surface area contributed by atoms with Crippen LogP contribution in [-0.2, 0) is 15.7 Å². The number of rotatable bonds is 4. The molecule has 1 aliphatic rings. The average Bonchev–Trinajstić information content (AvgIpc) is 3.24. The van der Waals surface area contributed by atoms with Crippen molar-refractivity contribution >= 4 is 17.3 Å². The number of anilines is 2. The second-order valence-corrected chi connectivity index (χ2v) is 7.03. The van der Waals surface area contributed by atoms with Gasteiger partial charge in [-0.2, -0.15) is 36.9 Å². The lowest BCUT2D eigenvalue weighted by Crippen LogP contribution is -2.42. The number of benzene rings is 2. The SMILES string of the molecule is COc1cc(NC(=O)[C@@H]2CN(c3ccc(C#N)c(C(F)(F)F)c3)[C@@H](C(F)(F)F)O2)ccc1C#N. The molecule has 0 radical (unpaired) electrons. The predicted molar refractivity (Wildman–Crippen MR) is 105 cm³/mol. The molecule has 2 aromatic carbocycles. The minimum atomic E-state index is -5.04. The Hall–Kier alpha value is -3.97. The van der Waals surface area contributed by atoms with Crippen LogP contribution in [0.4, 0.5) is 37.7 Å². The van der Waals surface area contributed by atoms with E-state index in [-0.39, 0.29) is 17.0 Å². The zero-order chi connectivity index (χ0) is 25.3. The minimum Gasteiger partial charge on any atom is -0.495 e. The molecular formula is C21H14F6N4O3. The van der Waals surface area contributed by atoms with Crippen LogP contribution >= 0.6 is 0 Å². The topological polar surface area (TPSA) is 98.4 Å². The fraction of sp³-hybridized carbons (Fsp3) is 0.286. The maximum absolute atomic E-state index is 13.6. The van der Waals surface area contributed by atoms with Gasteiger partial charge in [0.05, 0.1) is 36.4 Å². The average molecular weight is 484 g/mol. The molecule has 3 rings (SSSR count). The molecule has 1 aliphatic heterocycles. The number of ether oxygens (including phenoxy) is 2. The van der Waals surface area contributed by atoms with Gasteiger partial charge in [0.2, 0.25) is 6.23 Å². The van der Waals surface area contributed by atoms with Gasteiger partial charge in [-0.1, -0.05) is 0 Å². The van der Waals surface area contributed by atoms with Crippen LogP contribution in [0.1, 0.15) is 16.7 Å². The lowest BCUT2D eigenvalue weighted by atomic mass is 10.1. The Labute approximate surface area is 188 Å². The molecule has 0 aromatic heterocycles. The smallest absolute Gasteiger partial charge is 0.433 e. The second-order valence-electron chi connectivity index (χ2n) is 7.03.